The normalized spacial score (nSPS) is 12.3. The Bertz CT molecular complexity index is 1450. The number of carbonyl (C=O) groups excluding carboxylic acids is 3. The van der Waals surface area contributed by atoms with Gasteiger partial charge in [-0.3, -0.25) is 24.5 Å². The fourth-order valence-electron chi connectivity index (χ4n) is 3.82. The number of thiophene rings is 1. The van der Waals surface area contributed by atoms with Crippen LogP contribution in [-0.4, -0.2) is 39.8 Å². The first-order valence-corrected chi connectivity index (χ1v) is 12.9. The molecule has 10 nitrogen and oxygen atoms in total. The molecule has 0 bridgehead atoms. The van der Waals surface area contributed by atoms with Crippen molar-refractivity contribution in [3.63, 3.8) is 0 Å². The molecule has 188 valence electrons. The first kappa shape index (κ1) is 25.9. The molecule has 2 aromatic carbocycles. The number of amides is 3. The van der Waals surface area contributed by atoms with Crippen molar-refractivity contribution in [3.05, 3.63) is 80.2 Å². The molecule has 12 heteroatoms. The number of nitrogens with zero attached hydrogens (tertiary/aromatic N) is 3. The minimum Gasteiger partial charge on any atom is -0.337 e. The summed E-state index contributed by atoms with van der Waals surface area (Å²) in [6, 6.07) is 14.5. The SMILES string of the molecule is CC(=O)N1CCc2c(sc(NC(=O)CSc3cccc(NC(=O)c4cccc([N+](=O)[O-])c4)c3)c2C#N)C1. The molecular weight excluding hydrogens is 514 g/mol. The minimum atomic E-state index is -0.565. The lowest BCUT2D eigenvalue weighted by Crippen LogP contribution is -2.33. The van der Waals surface area contributed by atoms with Gasteiger partial charge in [-0.15, -0.1) is 23.1 Å². The summed E-state index contributed by atoms with van der Waals surface area (Å²) in [7, 11) is 0. The Hall–Kier alpha value is -4.21. The molecule has 1 aliphatic heterocycles. The van der Waals surface area contributed by atoms with E-state index < -0.39 is 10.8 Å². The van der Waals surface area contributed by atoms with E-state index in [9.17, 15) is 29.8 Å². The van der Waals surface area contributed by atoms with Crippen LogP contribution in [-0.2, 0) is 22.6 Å². The van der Waals surface area contributed by atoms with Crippen molar-refractivity contribution < 1.29 is 19.3 Å². The van der Waals surface area contributed by atoms with Gasteiger partial charge in [0.2, 0.25) is 11.8 Å². The quantitative estimate of drug-likeness (QED) is 0.259. The van der Waals surface area contributed by atoms with E-state index in [1.54, 1.807) is 29.2 Å². The Morgan fingerprint density at radius 1 is 1.19 bits per heavy atom. The highest BCUT2D eigenvalue weighted by molar-refractivity contribution is 8.00. The molecule has 0 saturated carbocycles. The number of anilines is 2. The average molecular weight is 536 g/mol. The summed E-state index contributed by atoms with van der Waals surface area (Å²) < 4.78 is 0. The van der Waals surface area contributed by atoms with Crippen molar-refractivity contribution in [1.82, 2.24) is 4.90 Å². The first-order valence-electron chi connectivity index (χ1n) is 11.1. The highest BCUT2D eigenvalue weighted by Crippen LogP contribution is 2.37. The fraction of sp³-hybridized carbons (Fsp3) is 0.200. The van der Waals surface area contributed by atoms with Gasteiger partial charge in [-0.25, -0.2) is 0 Å². The fourth-order valence-corrected chi connectivity index (χ4v) is 5.80. The Balaban J connectivity index is 1.37. The van der Waals surface area contributed by atoms with Crippen molar-refractivity contribution in [2.75, 3.05) is 22.9 Å². The number of nitro benzene ring substituents is 1. The van der Waals surface area contributed by atoms with E-state index >= 15 is 0 Å². The van der Waals surface area contributed by atoms with Crippen LogP contribution in [0.2, 0.25) is 0 Å². The second kappa shape index (κ2) is 11.2. The Kier molecular flexibility index (Phi) is 7.86. The summed E-state index contributed by atoms with van der Waals surface area (Å²) in [5.74, 6) is -0.717. The van der Waals surface area contributed by atoms with Crippen molar-refractivity contribution in [2.24, 2.45) is 0 Å². The lowest BCUT2D eigenvalue weighted by Gasteiger charge is -2.25. The molecule has 0 saturated heterocycles. The van der Waals surface area contributed by atoms with Gasteiger partial charge >= 0.3 is 0 Å². The summed E-state index contributed by atoms with van der Waals surface area (Å²) in [4.78, 5) is 50.6. The van der Waals surface area contributed by atoms with Crippen LogP contribution in [0.5, 0.6) is 0 Å². The van der Waals surface area contributed by atoms with E-state index in [-0.39, 0.29) is 28.8 Å². The average Bonchev–Trinajstić information content (AvgIpc) is 3.23. The number of non-ortho nitro benzene ring substituents is 1. The molecule has 3 aromatic rings. The van der Waals surface area contributed by atoms with E-state index in [1.807, 2.05) is 0 Å². The maximum atomic E-state index is 12.6. The Morgan fingerprint density at radius 3 is 2.70 bits per heavy atom. The van der Waals surface area contributed by atoms with Gasteiger partial charge in [0.1, 0.15) is 11.1 Å². The lowest BCUT2D eigenvalue weighted by molar-refractivity contribution is -0.384. The number of nitro groups is 1. The largest absolute Gasteiger partial charge is 0.337 e. The standard InChI is InChI=1S/C25H21N5O5S2/c1-15(31)29-9-8-20-21(12-26)25(37-22(20)13-29)28-23(32)14-36-19-7-3-5-17(11-19)27-24(33)16-4-2-6-18(10-16)30(34)35/h2-7,10-11H,8-9,13-14H2,1H3,(H,27,33)(H,28,32). The molecule has 0 fully saturated rings. The van der Waals surface area contributed by atoms with Crippen LogP contribution >= 0.6 is 23.1 Å². The summed E-state index contributed by atoms with van der Waals surface area (Å²) >= 11 is 2.58. The zero-order chi connectivity index (χ0) is 26.5. The molecular formula is C25H21N5O5S2. The topological polar surface area (TPSA) is 145 Å². The van der Waals surface area contributed by atoms with Gasteiger partial charge in [0, 0.05) is 46.6 Å². The summed E-state index contributed by atoms with van der Waals surface area (Å²) in [5, 5.41) is 26.6. The molecule has 0 aliphatic carbocycles. The monoisotopic (exact) mass is 535 g/mol. The Labute approximate surface area is 220 Å². The van der Waals surface area contributed by atoms with Crippen LogP contribution in [0.4, 0.5) is 16.4 Å². The van der Waals surface area contributed by atoms with Crippen LogP contribution in [0.25, 0.3) is 0 Å². The molecule has 2 N–H and O–H groups in total. The smallest absolute Gasteiger partial charge is 0.270 e. The minimum absolute atomic E-state index is 0.0250. The van der Waals surface area contributed by atoms with Crippen LogP contribution < -0.4 is 10.6 Å². The third kappa shape index (κ3) is 6.14. The van der Waals surface area contributed by atoms with Gasteiger partial charge in [0.25, 0.3) is 11.6 Å². The predicted octanol–water partition coefficient (Wildman–Crippen LogP) is 4.42. The summed E-state index contributed by atoms with van der Waals surface area (Å²) in [6.45, 7) is 2.49. The predicted molar refractivity (Wildman–Crippen MR) is 141 cm³/mol. The summed E-state index contributed by atoms with van der Waals surface area (Å²) in [5.41, 5.74) is 1.80. The van der Waals surface area contributed by atoms with Crippen molar-refractivity contribution >= 4 is 57.2 Å². The maximum Gasteiger partial charge on any atom is 0.270 e. The third-order valence-corrected chi connectivity index (χ3v) is 7.77. The Morgan fingerprint density at radius 2 is 1.97 bits per heavy atom. The molecule has 0 spiro atoms. The zero-order valence-corrected chi connectivity index (χ0v) is 21.3. The molecule has 1 aromatic heterocycles. The maximum absolute atomic E-state index is 12.6. The van der Waals surface area contributed by atoms with Gasteiger partial charge < -0.3 is 15.5 Å². The number of benzene rings is 2. The molecule has 2 heterocycles. The summed E-state index contributed by atoms with van der Waals surface area (Å²) in [6.07, 6.45) is 0.577. The lowest BCUT2D eigenvalue weighted by atomic mass is 10.0. The number of hydrogen-bond donors (Lipinski definition) is 2. The number of hydrogen-bond acceptors (Lipinski definition) is 8. The molecule has 37 heavy (non-hydrogen) atoms. The molecule has 3 amide bonds. The van der Waals surface area contributed by atoms with E-state index in [2.05, 4.69) is 16.7 Å². The van der Waals surface area contributed by atoms with Gasteiger partial charge in [0.15, 0.2) is 0 Å². The third-order valence-electron chi connectivity index (χ3n) is 5.65. The van der Waals surface area contributed by atoms with Crippen LogP contribution in [0.1, 0.15) is 33.3 Å². The number of fused-ring (bicyclic) bond motifs is 1. The van der Waals surface area contributed by atoms with Gasteiger partial charge in [-0.05, 0) is 36.2 Å². The van der Waals surface area contributed by atoms with Crippen LogP contribution in [0, 0.1) is 21.4 Å². The number of nitrogens with one attached hydrogen (secondary N) is 2. The number of nitriles is 1. The van der Waals surface area contributed by atoms with Crippen molar-refractivity contribution in [3.8, 4) is 6.07 Å². The van der Waals surface area contributed by atoms with Crippen LogP contribution in [0.3, 0.4) is 0 Å². The van der Waals surface area contributed by atoms with E-state index in [0.29, 0.717) is 35.8 Å². The van der Waals surface area contributed by atoms with Crippen LogP contribution in [0.15, 0.2) is 53.4 Å². The van der Waals surface area contributed by atoms with E-state index in [0.717, 1.165) is 15.3 Å². The second-order valence-corrected chi connectivity index (χ2v) is 10.3. The number of carbonyl (C=O) groups is 3. The number of thioether (sulfide) groups is 1. The molecule has 0 radical (unpaired) electrons. The van der Waals surface area contributed by atoms with Gasteiger partial charge in [-0.1, -0.05) is 12.1 Å². The highest BCUT2D eigenvalue weighted by Gasteiger charge is 2.26. The molecule has 0 atom stereocenters. The van der Waals surface area contributed by atoms with Gasteiger partial charge in [0.05, 0.1) is 22.8 Å². The molecule has 1 aliphatic rings. The zero-order valence-electron chi connectivity index (χ0n) is 19.6. The molecule has 4 rings (SSSR count). The van der Waals surface area contributed by atoms with Crippen molar-refractivity contribution in [1.29, 1.82) is 5.26 Å². The van der Waals surface area contributed by atoms with Gasteiger partial charge in [-0.2, -0.15) is 5.26 Å². The van der Waals surface area contributed by atoms with E-state index in [1.165, 1.54) is 54.3 Å². The molecule has 0 unspecified atom stereocenters. The first-order chi connectivity index (χ1) is 17.7. The number of rotatable bonds is 7. The van der Waals surface area contributed by atoms with E-state index in [4.69, 9.17) is 0 Å². The highest BCUT2D eigenvalue weighted by atomic mass is 32.2. The second-order valence-electron chi connectivity index (χ2n) is 8.14. The van der Waals surface area contributed by atoms with Crippen molar-refractivity contribution in [2.45, 2.75) is 24.8 Å².